The number of aliphatic hydroxyl groups is 1. The molecule has 0 radical (unpaired) electrons. The van der Waals surface area contributed by atoms with Gasteiger partial charge in [-0.25, -0.2) is 0 Å². The molecule has 0 bridgehead atoms. The van der Waals surface area contributed by atoms with Crippen LogP contribution < -0.4 is 0 Å². The number of aliphatic hydroxyl groups excluding tert-OH is 1. The number of hydrogen-bond acceptors (Lipinski definition) is 4. The molecule has 0 heterocycles. The molecule has 0 aromatic heterocycles. The largest absolute Gasteiger partial charge is 0.508 e. The van der Waals surface area contributed by atoms with Crippen molar-refractivity contribution in [1.82, 2.24) is 4.90 Å². The number of hydrogen-bond donors (Lipinski definition) is 3. The average molecular weight is 327 g/mol. The first-order chi connectivity index (χ1) is 11.6. The van der Waals surface area contributed by atoms with Crippen molar-refractivity contribution in [3.05, 3.63) is 59.7 Å². The third-order valence-corrected chi connectivity index (χ3v) is 4.78. The quantitative estimate of drug-likeness (QED) is 0.787. The van der Waals surface area contributed by atoms with Crippen molar-refractivity contribution in [3.63, 3.8) is 0 Å². The SMILES string of the molecule is Oc1cccc(CN(Cc2cccc(O)c2)C2CCC(O)CC2)c1. The molecule has 0 amide bonds. The summed E-state index contributed by atoms with van der Waals surface area (Å²) in [6.45, 7) is 1.48. The van der Waals surface area contributed by atoms with Gasteiger partial charge in [-0.05, 0) is 61.1 Å². The molecule has 0 aliphatic heterocycles. The first kappa shape index (κ1) is 16.8. The van der Waals surface area contributed by atoms with Gasteiger partial charge in [0.25, 0.3) is 0 Å². The molecular formula is C20H25NO3. The molecule has 1 fully saturated rings. The lowest BCUT2D eigenvalue weighted by molar-refractivity contribution is 0.0665. The van der Waals surface area contributed by atoms with Crippen LogP contribution in [0.25, 0.3) is 0 Å². The van der Waals surface area contributed by atoms with Crippen LogP contribution in [0, 0.1) is 0 Å². The van der Waals surface area contributed by atoms with E-state index in [1.54, 1.807) is 24.3 Å². The molecule has 3 N–H and O–H groups in total. The molecule has 1 saturated carbocycles. The predicted octanol–water partition coefficient (Wildman–Crippen LogP) is 3.40. The van der Waals surface area contributed by atoms with E-state index in [2.05, 4.69) is 4.90 Å². The highest BCUT2D eigenvalue weighted by molar-refractivity contribution is 5.29. The highest BCUT2D eigenvalue weighted by atomic mass is 16.3. The van der Waals surface area contributed by atoms with Gasteiger partial charge in [-0.1, -0.05) is 24.3 Å². The molecule has 0 atom stereocenters. The standard InChI is InChI=1S/C20H25NO3/c22-18-9-7-17(8-10-18)21(13-15-3-1-5-19(23)11-15)14-16-4-2-6-20(24)12-16/h1-6,11-12,17-18,22-24H,7-10,13-14H2. The van der Waals surface area contributed by atoms with E-state index >= 15 is 0 Å². The van der Waals surface area contributed by atoms with E-state index in [4.69, 9.17) is 0 Å². The number of phenolic OH excluding ortho intramolecular Hbond substituents is 2. The highest BCUT2D eigenvalue weighted by Crippen LogP contribution is 2.27. The fourth-order valence-corrected chi connectivity index (χ4v) is 3.52. The van der Waals surface area contributed by atoms with E-state index in [1.165, 1.54) is 0 Å². The van der Waals surface area contributed by atoms with Crippen LogP contribution in [0.15, 0.2) is 48.5 Å². The van der Waals surface area contributed by atoms with Crippen molar-refractivity contribution in [2.24, 2.45) is 0 Å². The van der Waals surface area contributed by atoms with Gasteiger partial charge in [-0.3, -0.25) is 4.90 Å². The maximum absolute atomic E-state index is 9.78. The molecule has 2 aromatic rings. The summed E-state index contributed by atoms with van der Waals surface area (Å²) in [5.41, 5.74) is 2.14. The van der Waals surface area contributed by atoms with Gasteiger partial charge in [0.1, 0.15) is 11.5 Å². The van der Waals surface area contributed by atoms with E-state index in [0.29, 0.717) is 6.04 Å². The summed E-state index contributed by atoms with van der Waals surface area (Å²) in [7, 11) is 0. The molecule has 128 valence electrons. The zero-order chi connectivity index (χ0) is 16.9. The van der Waals surface area contributed by atoms with Crippen LogP contribution >= 0.6 is 0 Å². The van der Waals surface area contributed by atoms with Gasteiger partial charge in [0.2, 0.25) is 0 Å². The van der Waals surface area contributed by atoms with E-state index in [9.17, 15) is 15.3 Å². The van der Waals surface area contributed by atoms with Crippen LogP contribution in [0.4, 0.5) is 0 Å². The van der Waals surface area contributed by atoms with Crippen molar-refractivity contribution >= 4 is 0 Å². The Hall–Kier alpha value is -2.04. The smallest absolute Gasteiger partial charge is 0.115 e. The Labute approximate surface area is 143 Å². The molecule has 24 heavy (non-hydrogen) atoms. The van der Waals surface area contributed by atoms with Gasteiger partial charge >= 0.3 is 0 Å². The monoisotopic (exact) mass is 327 g/mol. The van der Waals surface area contributed by atoms with Crippen LogP contribution in [0.1, 0.15) is 36.8 Å². The minimum Gasteiger partial charge on any atom is -0.508 e. The zero-order valence-electron chi connectivity index (χ0n) is 13.8. The Bertz CT molecular complexity index is 618. The van der Waals surface area contributed by atoms with Crippen molar-refractivity contribution in [2.45, 2.75) is 50.9 Å². The van der Waals surface area contributed by atoms with Crippen LogP contribution in [-0.4, -0.2) is 32.4 Å². The minimum absolute atomic E-state index is 0.176. The maximum Gasteiger partial charge on any atom is 0.115 e. The zero-order valence-corrected chi connectivity index (χ0v) is 13.8. The summed E-state index contributed by atoms with van der Waals surface area (Å²) >= 11 is 0. The third kappa shape index (κ3) is 4.49. The summed E-state index contributed by atoms with van der Waals surface area (Å²) < 4.78 is 0. The van der Waals surface area contributed by atoms with Gasteiger partial charge in [-0.2, -0.15) is 0 Å². The molecular weight excluding hydrogens is 302 g/mol. The van der Waals surface area contributed by atoms with Crippen molar-refractivity contribution in [1.29, 1.82) is 0 Å². The van der Waals surface area contributed by atoms with Crippen LogP contribution in [0.3, 0.4) is 0 Å². The molecule has 4 heteroatoms. The highest BCUT2D eigenvalue weighted by Gasteiger charge is 2.25. The van der Waals surface area contributed by atoms with E-state index in [1.807, 2.05) is 24.3 Å². The predicted molar refractivity (Wildman–Crippen MR) is 93.7 cm³/mol. The normalized spacial score (nSPS) is 21.1. The molecule has 2 aromatic carbocycles. The van der Waals surface area contributed by atoms with Crippen LogP contribution in [0.5, 0.6) is 11.5 Å². The number of rotatable bonds is 5. The summed E-state index contributed by atoms with van der Waals surface area (Å²) in [5.74, 6) is 0.563. The summed E-state index contributed by atoms with van der Waals surface area (Å²) in [5, 5.41) is 29.2. The molecule has 4 nitrogen and oxygen atoms in total. The third-order valence-electron chi connectivity index (χ3n) is 4.78. The molecule has 1 aliphatic rings. The van der Waals surface area contributed by atoms with Gasteiger partial charge in [-0.15, -0.1) is 0 Å². The lowest BCUT2D eigenvalue weighted by atomic mass is 9.91. The lowest BCUT2D eigenvalue weighted by Gasteiger charge is -2.36. The van der Waals surface area contributed by atoms with E-state index < -0.39 is 0 Å². The average Bonchev–Trinajstić information content (AvgIpc) is 2.55. The number of aromatic hydroxyl groups is 2. The Morgan fingerprint density at radius 1 is 0.792 bits per heavy atom. The summed E-state index contributed by atoms with van der Waals surface area (Å²) in [4.78, 5) is 2.38. The van der Waals surface area contributed by atoms with Crippen molar-refractivity contribution < 1.29 is 15.3 Å². The molecule has 0 unspecified atom stereocenters. The second kappa shape index (κ2) is 7.69. The Balaban J connectivity index is 1.77. The topological polar surface area (TPSA) is 63.9 Å². The molecule has 3 rings (SSSR count). The van der Waals surface area contributed by atoms with Crippen molar-refractivity contribution in [2.75, 3.05) is 0 Å². The van der Waals surface area contributed by atoms with Gasteiger partial charge in [0.15, 0.2) is 0 Å². The second-order valence-corrected chi connectivity index (χ2v) is 6.71. The fourth-order valence-electron chi connectivity index (χ4n) is 3.52. The summed E-state index contributed by atoms with van der Waals surface area (Å²) in [6, 6.07) is 15.1. The van der Waals surface area contributed by atoms with Crippen LogP contribution in [0.2, 0.25) is 0 Å². The molecule has 0 spiro atoms. The van der Waals surface area contributed by atoms with E-state index in [0.717, 1.165) is 49.9 Å². The van der Waals surface area contributed by atoms with Gasteiger partial charge < -0.3 is 15.3 Å². The van der Waals surface area contributed by atoms with Gasteiger partial charge in [0, 0.05) is 19.1 Å². The van der Waals surface area contributed by atoms with Crippen LogP contribution in [-0.2, 0) is 13.1 Å². The maximum atomic E-state index is 9.78. The summed E-state index contributed by atoms with van der Waals surface area (Å²) in [6.07, 6.45) is 3.43. The number of benzene rings is 2. The molecule has 1 aliphatic carbocycles. The van der Waals surface area contributed by atoms with Gasteiger partial charge in [0.05, 0.1) is 6.10 Å². The molecule has 0 saturated heterocycles. The fraction of sp³-hybridized carbons (Fsp3) is 0.400. The second-order valence-electron chi connectivity index (χ2n) is 6.71. The Morgan fingerprint density at radius 2 is 1.29 bits per heavy atom. The van der Waals surface area contributed by atoms with E-state index in [-0.39, 0.29) is 17.6 Å². The lowest BCUT2D eigenvalue weighted by Crippen LogP contribution is -2.38. The van der Waals surface area contributed by atoms with Crippen molar-refractivity contribution in [3.8, 4) is 11.5 Å². The first-order valence-electron chi connectivity index (χ1n) is 8.58. The minimum atomic E-state index is -0.176. The Kier molecular flexibility index (Phi) is 5.38. The number of phenols is 2. The first-order valence-corrected chi connectivity index (χ1v) is 8.58. The Morgan fingerprint density at radius 3 is 1.75 bits per heavy atom. The number of nitrogens with zero attached hydrogens (tertiary/aromatic N) is 1.